The molecule has 0 aliphatic rings. The number of carbonyl (C=O) groups is 1. The molecule has 2 aromatic heterocycles. The lowest BCUT2D eigenvalue weighted by molar-refractivity contribution is -0.121. The van der Waals surface area contributed by atoms with Gasteiger partial charge >= 0.3 is 5.76 Å². The summed E-state index contributed by atoms with van der Waals surface area (Å²) >= 11 is 0. The minimum atomic E-state index is -0.442. The van der Waals surface area contributed by atoms with E-state index in [1.165, 1.54) is 4.57 Å². The van der Waals surface area contributed by atoms with Gasteiger partial charge in [0.05, 0.1) is 11.2 Å². The number of aromatic nitrogens is 3. The molecule has 7 heteroatoms. The summed E-state index contributed by atoms with van der Waals surface area (Å²) in [5.74, 6) is -0.559. The molecule has 0 aliphatic heterocycles. The van der Waals surface area contributed by atoms with E-state index in [4.69, 9.17) is 4.42 Å². The van der Waals surface area contributed by atoms with Gasteiger partial charge < -0.3 is 9.73 Å². The van der Waals surface area contributed by atoms with Crippen molar-refractivity contribution in [1.82, 2.24) is 19.9 Å². The molecule has 0 unspecified atom stereocenters. The van der Waals surface area contributed by atoms with Gasteiger partial charge in [-0.05, 0) is 24.6 Å². The monoisotopic (exact) mass is 326 g/mol. The van der Waals surface area contributed by atoms with E-state index in [9.17, 15) is 9.59 Å². The molecule has 0 spiro atoms. The average Bonchev–Trinajstić information content (AvgIpc) is 2.88. The number of fused-ring (bicyclic) bond motifs is 1. The Balaban J connectivity index is 1.56. The van der Waals surface area contributed by atoms with Crippen LogP contribution in [0.25, 0.3) is 11.1 Å². The number of nitrogens with zero attached hydrogens (tertiary/aromatic N) is 3. The number of aryl methyl sites for hydroxylation is 2. The number of amides is 1. The van der Waals surface area contributed by atoms with Crippen LogP contribution in [0.1, 0.15) is 17.7 Å². The Labute approximate surface area is 138 Å². The van der Waals surface area contributed by atoms with Crippen molar-refractivity contribution in [3.63, 3.8) is 0 Å². The molecule has 1 amide bonds. The number of hydrogen-bond donors (Lipinski definition) is 1. The molecule has 3 rings (SSSR count). The molecule has 7 nitrogen and oxygen atoms in total. The second-order valence-corrected chi connectivity index (χ2v) is 5.54. The molecular formula is C17H18N4O3. The van der Waals surface area contributed by atoms with E-state index >= 15 is 0 Å². The van der Waals surface area contributed by atoms with Gasteiger partial charge in [0.15, 0.2) is 5.58 Å². The molecule has 1 N–H and O–H groups in total. The summed E-state index contributed by atoms with van der Waals surface area (Å²) in [4.78, 5) is 32.0. The first kappa shape index (κ1) is 15.9. The highest BCUT2D eigenvalue weighted by atomic mass is 16.4. The fourth-order valence-electron chi connectivity index (χ4n) is 2.47. The van der Waals surface area contributed by atoms with Gasteiger partial charge in [0, 0.05) is 44.5 Å². The minimum Gasteiger partial charge on any atom is -0.408 e. The predicted octanol–water partition coefficient (Wildman–Crippen LogP) is 1.44. The summed E-state index contributed by atoms with van der Waals surface area (Å²) in [5.41, 5.74) is 3.11. The quantitative estimate of drug-likeness (QED) is 0.740. The SMILES string of the molecule is Cc1ccc2oc(=O)n(CCC(=O)NCCc3cnccn3)c2c1. The van der Waals surface area contributed by atoms with Crippen LogP contribution in [0.15, 0.2) is 46.0 Å². The van der Waals surface area contributed by atoms with Crippen LogP contribution >= 0.6 is 0 Å². The largest absolute Gasteiger partial charge is 0.419 e. The third-order valence-electron chi connectivity index (χ3n) is 3.71. The maximum Gasteiger partial charge on any atom is 0.419 e. The van der Waals surface area contributed by atoms with E-state index in [2.05, 4.69) is 15.3 Å². The lowest BCUT2D eigenvalue weighted by Crippen LogP contribution is -2.28. The molecule has 0 radical (unpaired) electrons. The molecule has 0 saturated heterocycles. The first-order valence-corrected chi connectivity index (χ1v) is 7.75. The normalized spacial score (nSPS) is 10.9. The third-order valence-corrected chi connectivity index (χ3v) is 3.71. The zero-order valence-electron chi connectivity index (χ0n) is 13.4. The van der Waals surface area contributed by atoms with Crippen molar-refractivity contribution in [2.75, 3.05) is 6.54 Å². The Morgan fingerprint density at radius 1 is 1.33 bits per heavy atom. The Morgan fingerprint density at radius 2 is 2.21 bits per heavy atom. The first-order chi connectivity index (χ1) is 11.6. The van der Waals surface area contributed by atoms with Crippen LogP contribution in [0.2, 0.25) is 0 Å². The van der Waals surface area contributed by atoms with E-state index in [0.29, 0.717) is 24.1 Å². The zero-order chi connectivity index (χ0) is 16.9. The van der Waals surface area contributed by atoms with Crippen LogP contribution in [-0.4, -0.2) is 27.0 Å². The smallest absolute Gasteiger partial charge is 0.408 e. The summed E-state index contributed by atoms with van der Waals surface area (Å²) in [6, 6.07) is 5.53. The molecule has 2 heterocycles. The van der Waals surface area contributed by atoms with Gasteiger partial charge in [0.1, 0.15) is 0 Å². The van der Waals surface area contributed by atoms with Crippen molar-refractivity contribution in [3.05, 3.63) is 58.6 Å². The topological polar surface area (TPSA) is 90.0 Å². The Bertz CT molecular complexity index is 899. The maximum atomic E-state index is 11.9. The Morgan fingerprint density at radius 3 is 3.00 bits per heavy atom. The van der Waals surface area contributed by atoms with Crippen molar-refractivity contribution in [2.24, 2.45) is 0 Å². The Hall–Kier alpha value is -2.96. The van der Waals surface area contributed by atoms with Crippen LogP contribution in [-0.2, 0) is 17.8 Å². The summed E-state index contributed by atoms with van der Waals surface area (Å²) in [6.07, 6.45) is 5.73. The van der Waals surface area contributed by atoms with Crippen LogP contribution < -0.4 is 11.1 Å². The van der Waals surface area contributed by atoms with Crippen molar-refractivity contribution in [3.8, 4) is 0 Å². The molecule has 124 valence electrons. The van der Waals surface area contributed by atoms with Crippen LogP contribution in [0.4, 0.5) is 0 Å². The summed E-state index contributed by atoms with van der Waals surface area (Å²) in [7, 11) is 0. The zero-order valence-corrected chi connectivity index (χ0v) is 13.4. The van der Waals surface area contributed by atoms with Crippen molar-refractivity contribution >= 4 is 17.0 Å². The minimum absolute atomic E-state index is 0.118. The van der Waals surface area contributed by atoms with Gasteiger partial charge in [-0.2, -0.15) is 0 Å². The van der Waals surface area contributed by atoms with E-state index < -0.39 is 5.76 Å². The highest BCUT2D eigenvalue weighted by Crippen LogP contribution is 2.14. The van der Waals surface area contributed by atoms with E-state index in [1.807, 2.05) is 19.1 Å². The number of benzene rings is 1. The standard InChI is InChI=1S/C17H18N4O3/c1-12-2-3-15-14(10-12)21(17(23)24-15)9-5-16(22)20-6-4-13-11-18-7-8-19-13/h2-3,7-8,10-11H,4-6,9H2,1H3,(H,20,22). The number of oxazole rings is 1. The van der Waals surface area contributed by atoms with Crippen molar-refractivity contribution in [1.29, 1.82) is 0 Å². The molecule has 0 aliphatic carbocycles. The van der Waals surface area contributed by atoms with Gasteiger partial charge in [-0.25, -0.2) is 4.79 Å². The van der Waals surface area contributed by atoms with Gasteiger partial charge in [-0.1, -0.05) is 6.07 Å². The van der Waals surface area contributed by atoms with Gasteiger partial charge in [-0.15, -0.1) is 0 Å². The van der Waals surface area contributed by atoms with Crippen molar-refractivity contribution in [2.45, 2.75) is 26.3 Å². The van der Waals surface area contributed by atoms with E-state index in [0.717, 1.165) is 11.3 Å². The molecule has 24 heavy (non-hydrogen) atoms. The first-order valence-electron chi connectivity index (χ1n) is 7.75. The number of nitrogens with one attached hydrogen (secondary N) is 1. The average molecular weight is 326 g/mol. The predicted molar refractivity (Wildman–Crippen MR) is 88.6 cm³/mol. The lowest BCUT2D eigenvalue weighted by Gasteiger charge is -2.05. The highest BCUT2D eigenvalue weighted by molar-refractivity contribution is 5.77. The molecule has 1 aromatic carbocycles. The van der Waals surface area contributed by atoms with Crippen LogP contribution in [0.5, 0.6) is 0 Å². The second kappa shape index (κ2) is 7.08. The van der Waals surface area contributed by atoms with Gasteiger partial charge in [0.25, 0.3) is 0 Å². The lowest BCUT2D eigenvalue weighted by atomic mass is 10.2. The van der Waals surface area contributed by atoms with Gasteiger partial charge in [-0.3, -0.25) is 19.3 Å². The van der Waals surface area contributed by atoms with Gasteiger partial charge in [0.2, 0.25) is 5.91 Å². The van der Waals surface area contributed by atoms with E-state index in [1.54, 1.807) is 24.7 Å². The molecule has 0 fully saturated rings. The number of rotatable bonds is 6. The van der Waals surface area contributed by atoms with Crippen LogP contribution in [0.3, 0.4) is 0 Å². The summed E-state index contributed by atoms with van der Waals surface area (Å²) < 4.78 is 6.68. The number of hydrogen-bond acceptors (Lipinski definition) is 5. The fourth-order valence-corrected chi connectivity index (χ4v) is 2.47. The molecular weight excluding hydrogens is 308 g/mol. The maximum absolute atomic E-state index is 11.9. The second-order valence-electron chi connectivity index (χ2n) is 5.54. The molecule has 0 atom stereocenters. The summed E-state index contributed by atoms with van der Waals surface area (Å²) in [5, 5.41) is 2.82. The molecule has 0 bridgehead atoms. The fraction of sp³-hybridized carbons (Fsp3) is 0.294. The van der Waals surface area contributed by atoms with E-state index in [-0.39, 0.29) is 18.9 Å². The van der Waals surface area contributed by atoms with Crippen LogP contribution in [0, 0.1) is 6.92 Å². The number of carbonyl (C=O) groups excluding carboxylic acids is 1. The Kier molecular flexibility index (Phi) is 4.69. The highest BCUT2D eigenvalue weighted by Gasteiger charge is 2.11. The summed E-state index contributed by atoms with van der Waals surface area (Å²) in [6.45, 7) is 2.71. The third kappa shape index (κ3) is 3.68. The molecule has 3 aromatic rings. The van der Waals surface area contributed by atoms with Crippen molar-refractivity contribution < 1.29 is 9.21 Å². The molecule has 0 saturated carbocycles.